The molecular formula is C18H18FN5O. The first-order valence-corrected chi connectivity index (χ1v) is 8.25. The molecule has 0 saturated heterocycles. The van der Waals surface area contributed by atoms with E-state index in [2.05, 4.69) is 20.2 Å². The lowest BCUT2D eigenvalue weighted by Crippen LogP contribution is -2.27. The fourth-order valence-corrected chi connectivity index (χ4v) is 2.83. The molecule has 1 aliphatic carbocycles. The lowest BCUT2D eigenvalue weighted by molar-refractivity contribution is 0.232. The maximum Gasteiger partial charge on any atom is 0.230 e. The monoisotopic (exact) mass is 339 g/mol. The van der Waals surface area contributed by atoms with Crippen LogP contribution in [0.1, 0.15) is 48.0 Å². The Labute approximate surface area is 144 Å². The molecule has 0 amide bonds. The summed E-state index contributed by atoms with van der Waals surface area (Å²) in [6.07, 6.45) is 5.64. The van der Waals surface area contributed by atoms with Crippen molar-refractivity contribution in [1.82, 2.24) is 25.1 Å². The predicted octanol–water partition coefficient (Wildman–Crippen LogP) is 3.10. The van der Waals surface area contributed by atoms with Gasteiger partial charge in [-0.3, -0.25) is 4.90 Å². The molecule has 1 aromatic carbocycles. The molecule has 2 aromatic heterocycles. The van der Waals surface area contributed by atoms with Crippen LogP contribution < -0.4 is 0 Å². The molecule has 0 bridgehead atoms. The van der Waals surface area contributed by atoms with Gasteiger partial charge in [0.15, 0.2) is 0 Å². The minimum atomic E-state index is -0.273. The van der Waals surface area contributed by atoms with E-state index < -0.39 is 0 Å². The van der Waals surface area contributed by atoms with E-state index in [1.54, 1.807) is 30.6 Å². The maximum absolute atomic E-state index is 13.3. The van der Waals surface area contributed by atoms with Crippen molar-refractivity contribution in [2.45, 2.75) is 31.3 Å². The molecule has 1 fully saturated rings. The summed E-state index contributed by atoms with van der Waals surface area (Å²) >= 11 is 0. The third-order valence-corrected chi connectivity index (χ3v) is 4.25. The molecule has 1 atom stereocenters. The van der Waals surface area contributed by atoms with Crippen LogP contribution in [0.4, 0.5) is 4.39 Å². The van der Waals surface area contributed by atoms with Crippen molar-refractivity contribution in [3.05, 3.63) is 71.7 Å². The van der Waals surface area contributed by atoms with Gasteiger partial charge in [0.25, 0.3) is 0 Å². The van der Waals surface area contributed by atoms with Gasteiger partial charge in [-0.1, -0.05) is 12.1 Å². The summed E-state index contributed by atoms with van der Waals surface area (Å²) in [5.41, 5.74) is 0.900. The number of aromatic nitrogens is 4. The summed E-state index contributed by atoms with van der Waals surface area (Å²) < 4.78 is 19.1. The Balaban J connectivity index is 1.60. The fraction of sp³-hybridized carbons (Fsp3) is 0.333. The van der Waals surface area contributed by atoms with E-state index in [-0.39, 0.29) is 11.9 Å². The number of hydrogen-bond donors (Lipinski definition) is 0. The molecule has 0 spiro atoms. The lowest BCUT2D eigenvalue weighted by atomic mass is 10.0. The molecule has 1 aliphatic rings. The molecule has 4 rings (SSSR count). The van der Waals surface area contributed by atoms with Crippen molar-refractivity contribution in [2.24, 2.45) is 0 Å². The Morgan fingerprint density at radius 1 is 1.16 bits per heavy atom. The van der Waals surface area contributed by atoms with Gasteiger partial charge in [-0.25, -0.2) is 14.4 Å². The first-order chi connectivity index (χ1) is 12.2. The average molecular weight is 339 g/mol. The van der Waals surface area contributed by atoms with Gasteiger partial charge in [0.05, 0.1) is 12.6 Å². The van der Waals surface area contributed by atoms with Crippen LogP contribution in [0.15, 0.2) is 47.1 Å². The highest BCUT2D eigenvalue weighted by Gasteiger charge is 2.30. The lowest BCUT2D eigenvalue weighted by Gasteiger charge is -2.26. The highest BCUT2D eigenvalue weighted by atomic mass is 19.1. The van der Waals surface area contributed by atoms with Crippen LogP contribution >= 0.6 is 0 Å². The smallest absolute Gasteiger partial charge is 0.230 e. The first kappa shape index (κ1) is 15.8. The van der Waals surface area contributed by atoms with E-state index >= 15 is 0 Å². The van der Waals surface area contributed by atoms with Gasteiger partial charge < -0.3 is 4.42 Å². The SMILES string of the molecule is CN(Cc1nnc(C2CC2)o1)[C@H](c1ccc(F)cc1)c1ncccn1. The van der Waals surface area contributed by atoms with E-state index in [1.165, 1.54) is 12.1 Å². The average Bonchev–Trinajstić information content (AvgIpc) is 3.38. The Morgan fingerprint density at radius 2 is 1.88 bits per heavy atom. The molecule has 6 nitrogen and oxygen atoms in total. The molecule has 128 valence electrons. The van der Waals surface area contributed by atoms with Crippen LogP contribution in [0.5, 0.6) is 0 Å². The van der Waals surface area contributed by atoms with Crippen molar-refractivity contribution >= 4 is 0 Å². The van der Waals surface area contributed by atoms with E-state index in [4.69, 9.17) is 4.42 Å². The molecule has 7 heteroatoms. The van der Waals surface area contributed by atoms with Crippen LogP contribution in [0.25, 0.3) is 0 Å². The van der Waals surface area contributed by atoms with Crippen LogP contribution in [0.2, 0.25) is 0 Å². The van der Waals surface area contributed by atoms with Gasteiger partial charge in [0.1, 0.15) is 11.6 Å². The van der Waals surface area contributed by atoms with Crippen LogP contribution in [-0.2, 0) is 6.54 Å². The minimum Gasteiger partial charge on any atom is -0.424 e. The van der Waals surface area contributed by atoms with Crippen molar-refractivity contribution < 1.29 is 8.81 Å². The van der Waals surface area contributed by atoms with Gasteiger partial charge in [-0.15, -0.1) is 10.2 Å². The van der Waals surface area contributed by atoms with Gasteiger partial charge >= 0.3 is 0 Å². The molecule has 2 heterocycles. The van der Waals surface area contributed by atoms with Crippen molar-refractivity contribution in [2.75, 3.05) is 7.05 Å². The fourth-order valence-electron chi connectivity index (χ4n) is 2.83. The normalized spacial score (nSPS) is 15.5. The third kappa shape index (κ3) is 3.56. The zero-order valence-corrected chi connectivity index (χ0v) is 13.8. The number of nitrogens with zero attached hydrogens (tertiary/aromatic N) is 5. The van der Waals surface area contributed by atoms with E-state index in [1.807, 2.05) is 11.9 Å². The van der Waals surface area contributed by atoms with Crippen molar-refractivity contribution in [3.8, 4) is 0 Å². The highest BCUT2D eigenvalue weighted by Crippen LogP contribution is 2.39. The molecule has 25 heavy (non-hydrogen) atoms. The Bertz CT molecular complexity index is 832. The summed E-state index contributed by atoms with van der Waals surface area (Å²) in [7, 11) is 1.94. The summed E-state index contributed by atoms with van der Waals surface area (Å²) in [4.78, 5) is 10.8. The quantitative estimate of drug-likeness (QED) is 0.687. The molecule has 0 aliphatic heterocycles. The second-order valence-electron chi connectivity index (χ2n) is 6.28. The Hall–Kier alpha value is -2.67. The van der Waals surface area contributed by atoms with Crippen molar-refractivity contribution in [1.29, 1.82) is 0 Å². The molecule has 0 radical (unpaired) electrons. The standard InChI is InChI=1S/C18H18FN5O/c1-24(11-15-22-23-18(25-15)13-3-4-13)16(17-20-9-2-10-21-17)12-5-7-14(19)8-6-12/h2,5-10,13,16H,3-4,11H2,1H3/t16-/m1/s1. The van der Waals surface area contributed by atoms with Crippen LogP contribution in [-0.4, -0.2) is 32.1 Å². The number of benzene rings is 1. The molecular weight excluding hydrogens is 321 g/mol. The summed E-state index contributed by atoms with van der Waals surface area (Å²) in [6, 6.07) is 7.91. The van der Waals surface area contributed by atoms with Gasteiger partial charge in [0, 0.05) is 18.3 Å². The first-order valence-electron chi connectivity index (χ1n) is 8.25. The summed E-state index contributed by atoms with van der Waals surface area (Å²) in [6.45, 7) is 0.458. The zero-order valence-electron chi connectivity index (χ0n) is 13.8. The summed E-state index contributed by atoms with van der Waals surface area (Å²) in [5, 5.41) is 8.27. The Kier molecular flexibility index (Phi) is 4.23. The maximum atomic E-state index is 13.3. The second kappa shape index (κ2) is 6.68. The van der Waals surface area contributed by atoms with Crippen LogP contribution in [0.3, 0.4) is 0 Å². The number of halogens is 1. The van der Waals surface area contributed by atoms with Gasteiger partial charge in [0.2, 0.25) is 11.8 Å². The Morgan fingerprint density at radius 3 is 2.56 bits per heavy atom. The predicted molar refractivity (Wildman–Crippen MR) is 88.0 cm³/mol. The van der Waals surface area contributed by atoms with Crippen LogP contribution in [0, 0.1) is 5.82 Å². The third-order valence-electron chi connectivity index (χ3n) is 4.25. The molecule has 0 unspecified atom stereocenters. The largest absolute Gasteiger partial charge is 0.424 e. The second-order valence-corrected chi connectivity index (χ2v) is 6.28. The van der Waals surface area contributed by atoms with E-state index in [9.17, 15) is 4.39 Å². The van der Waals surface area contributed by atoms with E-state index in [0.29, 0.717) is 24.2 Å². The van der Waals surface area contributed by atoms with Crippen molar-refractivity contribution in [3.63, 3.8) is 0 Å². The number of rotatable bonds is 6. The molecule has 1 saturated carbocycles. The van der Waals surface area contributed by atoms with Gasteiger partial charge in [-0.2, -0.15) is 0 Å². The highest BCUT2D eigenvalue weighted by molar-refractivity contribution is 5.25. The molecule has 3 aromatic rings. The topological polar surface area (TPSA) is 67.9 Å². The minimum absolute atomic E-state index is 0.238. The zero-order chi connectivity index (χ0) is 17.2. The molecule has 0 N–H and O–H groups in total. The van der Waals surface area contributed by atoms with Gasteiger partial charge in [-0.05, 0) is 43.7 Å². The number of hydrogen-bond acceptors (Lipinski definition) is 6. The summed E-state index contributed by atoms with van der Waals surface area (Å²) in [5.74, 6) is 2.07. The van der Waals surface area contributed by atoms with E-state index in [0.717, 1.165) is 24.3 Å².